The Morgan fingerprint density at radius 3 is 2.70 bits per heavy atom. The SMILES string of the molecule is Cc1nc2ccc(OC(=O)c3ccc(Cl)cc3)cc2o1. The largest absolute Gasteiger partial charge is 0.441 e. The van der Waals surface area contributed by atoms with Gasteiger partial charge in [0.15, 0.2) is 11.5 Å². The number of benzene rings is 2. The highest BCUT2D eigenvalue weighted by molar-refractivity contribution is 6.30. The third-order valence-electron chi connectivity index (χ3n) is 2.76. The minimum atomic E-state index is -0.447. The molecular formula is C15H10ClNO3. The zero-order valence-corrected chi connectivity index (χ0v) is 11.3. The quantitative estimate of drug-likeness (QED) is 0.528. The number of oxazole rings is 1. The van der Waals surface area contributed by atoms with Crippen molar-refractivity contribution < 1.29 is 13.9 Å². The van der Waals surface area contributed by atoms with Crippen molar-refractivity contribution in [3.63, 3.8) is 0 Å². The van der Waals surface area contributed by atoms with Crippen LogP contribution < -0.4 is 4.74 Å². The highest BCUT2D eigenvalue weighted by Gasteiger charge is 2.10. The number of halogens is 1. The van der Waals surface area contributed by atoms with Crippen LogP contribution >= 0.6 is 11.6 Å². The predicted octanol–water partition coefficient (Wildman–Crippen LogP) is 4.01. The van der Waals surface area contributed by atoms with Gasteiger partial charge < -0.3 is 9.15 Å². The Kier molecular flexibility index (Phi) is 3.16. The van der Waals surface area contributed by atoms with Crippen molar-refractivity contribution in [3.05, 3.63) is 58.9 Å². The van der Waals surface area contributed by atoms with Crippen LogP contribution in [0.3, 0.4) is 0 Å². The third kappa shape index (κ3) is 2.51. The van der Waals surface area contributed by atoms with E-state index >= 15 is 0 Å². The highest BCUT2D eigenvalue weighted by Crippen LogP contribution is 2.22. The van der Waals surface area contributed by atoms with Gasteiger partial charge in [0.25, 0.3) is 0 Å². The maximum Gasteiger partial charge on any atom is 0.343 e. The van der Waals surface area contributed by atoms with Gasteiger partial charge >= 0.3 is 5.97 Å². The molecule has 0 N–H and O–H groups in total. The van der Waals surface area contributed by atoms with Gasteiger partial charge in [-0.2, -0.15) is 0 Å². The lowest BCUT2D eigenvalue weighted by atomic mass is 10.2. The Hall–Kier alpha value is -2.33. The summed E-state index contributed by atoms with van der Waals surface area (Å²) in [5.74, 6) is 0.534. The van der Waals surface area contributed by atoms with Crippen molar-refractivity contribution in [2.45, 2.75) is 6.92 Å². The van der Waals surface area contributed by atoms with E-state index < -0.39 is 5.97 Å². The second-order valence-electron chi connectivity index (χ2n) is 4.26. The van der Waals surface area contributed by atoms with Gasteiger partial charge in [-0.1, -0.05) is 11.6 Å². The molecule has 0 spiro atoms. The molecule has 0 radical (unpaired) electrons. The van der Waals surface area contributed by atoms with Crippen LogP contribution in [0.1, 0.15) is 16.2 Å². The Bertz CT molecular complexity index is 777. The Balaban J connectivity index is 1.84. The first-order valence-electron chi connectivity index (χ1n) is 5.97. The first-order valence-corrected chi connectivity index (χ1v) is 6.34. The normalized spacial score (nSPS) is 10.7. The molecule has 4 nitrogen and oxygen atoms in total. The van der Waals surface area contributed by atoms with Gasteiger partial charge in [0.05, 0.1) is 5.56 Å². The van der Waals surface area contributed by atoms with E-state index in [1.54, 1.807) is 49.4 Å². The van der Waals surface area contributed by atoms with Crippen molar-refractivity contribution in [3.8, 4) is 5.75 Å². The summed E-state index contributed by atoms with van der Waals surface area (Å²) in [5.41, 5.74) is 1.75. The van der Waals surface area contributed by atoms with Crippen LogP contribution in [0.4, 0.5) is 0 Å². The van der Waals surface area contributed by atoms with Gasteiger partial charge in [-0.05, 0) is 36.4 Å². The summed E-state index contributed by atoms with van der Waals surface area (Å²) < 4.78 is 10.7. The van der Waals surface area contributed by atoms with Crippen LogP contribution in [0.5, 0.6) is 5.75 Å². The molecule has 20 heavy (non-hydrogen) atoms. The van der Waals surface area contributed by atoms with Gasteiger partial charge in [0.2, 0.25) is 0 Å². The molecule has 0 fully saturated rings. The topological polar surface area (TPSA) is 52.3 Å². The minimum Gasteiger partial charge on any atom is -0.441 e. The molecule has 100 valence electrons. The van der Waals surface area contributed by atoms with E-state index in [9.17, 15) is 4.79 Å². The van der Waals surface area contributed by atoms with Crippen LogP contribution in [0.25, 0.3) is 11.1 Å². The molecule has 3 rings (SSSR count). The van der Waals surface area contributed by atoms with Crippen LogP contribution in [0, 0.1) is 6.92 Å². The molecule has 0 atom stereocenters. The maximum atomic E-state index is 12.0. The van der Waals surface area contributed by atoms with Crippen molar-refractivity contribution in [2.24, 2.45) is 0 Å². The smallest absolute Gasteiger partial charge is 0.343 e. The molecule has 0 saturated heterocycles. The lowest BCUT2D eigenvalue weighted by Gasteiger charge is -2.03. The highest BCUT2D eigenvalue weighted by atomic mass is 35.5. The molecule has 3 aromatic rings. The molecule has 1 heterocycles. The monoisotopic (exact) mass is 287 g/mol. The zero-order valence-electron chi connectivity index (χ0n) is 10.6. The predicted molar refractivity (Wildman–Crippen MR) is 75.2 cm³/mol. The number of esters is 1. The second-order valence-corrected chi connectivity index (χ2v) is 4.70. The van der Waals surface area contributed by atoms with Crippen molar-refractivity contribution in [1.82, 2.24) is 4.98 Å². The summed E-state index contributed by atoms with van der Waals surface area (Å²) in [7, 11) is 0. The van der Waals surface area contributed by atoms with Crippen LogP contribution in [0.15, 0.2) is 46.9 Å². The molecule has 0 bridgehead atoms. The molecule has 0 aliphatic heterocycles. The van der Waals surface area contributed by atoms with Crippen LogP contribution in [0.2, 0.25) is 5.02 Å². The summed E-state index contributed by atoms with van der Waals surface area (Å²) in [6.45, 7) is 1.76. The van der Waals surface area contributed by atoms with Crippen molar-refractivity contribution in [2.75, 3.05) is 0 Å². The number of carbonyl (C=O) groups excluding carboxylic acids is 1. The Labute approximate surface area is 119 Å². The van der Waals surface area contributed by atoms with Gasteiger partial charge in [-0.25, -0.2) is 9.78 Å². The Morgan fingerprint density at radius 1 is 1.20 bits per heavy atom. The molecule has 0 unspecified atom stereocenters. The summed E-state index contributed by atoms with van der Waals surface area (Å²) in [5, 5.41) is 0.570. The first-order chi connectivity index (χ1) is 9.61. The summed E-state index contributed by atoms with van der Waals surface area (Å²) in [6.07, 6.45) is 0. The molecule has 0 amide bonds. The van der Waals surface area contributed by atoms with Gasteiger partial charge in [-0.3, -0.25) is 0 Å². The lowest BCUT2D eigenvalue weighted by Crippen LogP contribution is -2.07. The molecule has 0 saturated carbocycles. The summed E-state index contributed by atoms with van der Waals surface area (Å²) in [6, 6.07) is 11.6. The lowest BCUT2D eigenvalue weighted by molar-refractivity contribution is 0.0735. The van der Waals surface area contributed by atoms with Crippen molar-refractivity contribution in [1.29, 1.82) is 0 Å². The molecule has 0 aliphatic carbocycles. The number of carbonyl (C=O) groups is 1. The molecule has 0 aliphatic rings. The van der Waals surface area contributed by atoms with Gasteiger partial charge in [0.1, 0.15) is 11.3 Å². The number of rotatable bonds is 2. The van der Waals surface area contributed by atoms with E-state index in [1.807, 2.05) is 0 Å². The minimum absolute atomic E-state index is 0.411. The average molecular weight is 288 g/mol. The number of hydrogen-bond donors (Lipinski definition) is 0. The van der Waals surface area contributed by atoms with Gasteiger partial charge in [0, 0.05) is 18.0 Å². The third-order valence-corrected chi connectivity index (χ3v) is 3.01. The first kappa shape index (κ1) is 12.7. The number of hydrogen-bond acceptors (Lipinski definition) is 4. The number of aromatic nitrogens is 1. The van der Waals surface area contributed by atoms with E-state index in [1.165, 1.54) is 0 Å². The molecule has 1 aromatic heterocycles. The second kappa shape index (κ2) is 4.98. The van der Waals surface area contributed by atoms with Crippen molar-refractivity contribution >= 4 is 28.7 Å². The number of aryl methyl sites for hydroxylation is 1. The van der Waals surface area contributed by atoms with Gasteiger partial charge in [-0.15, -0.1) is 0 Å². The standard InChI is InChI=1S/C15H10ClNO3/c1-9-17-13-7-6-12(8-14(13)19-9)20-15(18)10-2-4-11(16)5-3-10/h2-8H,1H3. The summed E-state index contributed by atoms with van der Waals surface area (Å²) in [4.78, 5) is 16.1. The fourth-order valence-electron chi connectivity index (χ4n) is 1.84. The fraction of sp³-hybridized carbons (Fsp3) is 0.0667. The van der Waals surface area contributed by atoms with Crippen LogP contribution in [-0.2, 0) is 0 Å². The number of nitrogens with zero attached hydrogens (tertiary/aromatic N) is 1. The molecule has 2 aromatic carbocycles. The zero-order chi connectivity index (χ0) is 14.1. The van der Waals surface area contributed by atoms with E-state index in [-0.39, 0.29) is 0 Å². The molecular weight excluding hydrogens is 278 g/mol. The van der Waals surface area contributed by atoms with E-state index in [0.717, 1.165) is 5.52 Å². The number of fused-ring (bicyclic) bond motifs is 1. The van der Waals surface area contributed by atoms with E-state index in [2.05, 4.69) is 4.98 Å². The molecule has 5 heteroatoms. The maximum absolute atomic E-state index is 12.0. The average Bonchev–Trinajstić information content (AvgIpc) is 2.78. The Morgan fingerprint density at radius 2 is 1.95 bits per heavy atom. The van der Waals surface area contributed by atoms with E-state index in [0.29, 0.717) is 27.8 Å². The van der Waals surface area contributed by atoms with Crippen LogP contribution in [-0.4, -0.2) is 11.0 Å². The number of ether oxygens (including phenoxy) is 1. The van der Waals surface area contributed by atoms with E-state index in [4.69, 9.17) is 20.8 Å². The fourth-order valence-corrected chi connectivity index (χ4v) is 1.96. The summed E-state index contributed by atoms with van der Waals surface area (Å²) >= 11 is 5.77.